The number of hydrogen-bond acceptors (Lipinski definition) is 7. The van der Waals surface area contributed by atoms with Crippen LogP contribution in [0.4, 0.5) is 32.0 Å². The van der Waals surface area contributed by atoms with Crippen molar-refractivity contribution in [2.45, 2.75) is 25.8 Å². The lowest BCUT2D eigenvalue weighted by molar-refractivity contribution is -0.193. The van der Waals surface area contributed by atoms with E-state index < -0.39 is 24.3 Å². The average molecular weight is 562 g/mol. The molecule has 3 N–H and O–H groups in total. The second-order valence-corrected chi connectivity index (χ2v) is 8.14. The zero-order valence-corrected chi connectivity index (χ0v) is 20.4. The largest absolute Gasteiger partial charge is 0.506 e. The quantitative estimate of drug-likeness (QED) is 0.402. The number of piperazine rings is 1. The normalized spacial score (nSPS) is 14.1. The topological polar surface area (TPSA) is 127 Å². The summed E-state index contributed by atoms with van der Waals surface area (Å²) in [7, 11) is 0. The number of anilines is 1. The zero-order valence-electron chi connectivity index (χ0n) is 20.4. The number of benzene rings is 1. The molecule has 15 heteroatoms. The predicted octanol–water partition coefficient (Wildman–Crippen LogP) is 4.23. The van der Waals surface area contributed by atoms with Crippen LogP contribution in [0.1, 0.15) is 11.3 Å². The SMILES string of the molecule is Cc1nc2ncccc2cc1CN1CCN(c2ccccc2O)CC1.O=C(O)C(F)(F)F.O=C(O)C(F)(F)F. The number of alkyl halides is 6. The molecule has 1 aliphatic heterocycles. The fraction of sp³-hybridized carbons (Fsp3) is 0.333. The van der Waals surface area contributed by atoms with Gasteiger partial charge in [0.25, 0.3) is 0 Å². The first kappa shape index (κ1) is 31.1. The van der Waals surface area contributed by atoms with Crippen LogP contribution in [-0.4, -0.2) is 80.7 Å². The summed E-state index contributed by atoms with van der Waals surface area (Å²) in [6, 6.07) is 13.8. The van der Waals surface area contributed by atoms with Crippen LogP contribution in [0, 0.1) is 6.92 Å². The minimum atomic E-state index is -5.08. The van der Waals surface area contributed by atoms with Crippen molar-refractivity contribution < 1.29 is 51.3 Å². The monoisotopic (exact) mass is 562 g/mol. The van der Waals surface area contributed by atoms with Gasteiger partial charge in [-0.25, -0.2) is 19.6 Å². The smallest absolute Gasteiger partial charge is 0.490 e. The number of aryl methyl sites for hydroxylation is 1. The van der Waals surface area contributed by atoms with Crippen molar-refractivity contribution in [1.29, 1.82) is 0 Å². The van der Waals surface area contributed by atoms with Crippen LogP contribution in [0.15, 0.2) is 48.7 Å². The number of aromatic nitrogens is 2. The fourth-order valence-electron chi connectivity index (χ4n) is 3.42. The predicted molar refractivity (Wildman–Crippen MR) is 127 cm³/mol. The molecule has 212 valence electrons. The molecular weight excluding hydrogens is 538 g/mol. The summed E-state index contributed by atoms with van der Waals surface area (Å²) >= 11 is 0. The van der Waals surface area contributed by atoms with Gasteiger partial charge in [0.05, 0.1) is 5.69 Å². The lowest BCUT2D eigenvalue weighted by Crippen LogP contribution is -2.46. The van der Waals surface area contributed by atoms with Crippen LogP contribution < -0.4 is 4.90 Å². The Morgan fingerprint density at radius 2 is 1.44 bits per heavy atom. The van der Waals surface area contributed by atoms with Crippen molar-refractivity contribution in [2.24, 2.45) is 0 Å². The van der Waals surface area contributed by atoms with E-state index in [2.05, 4.69) is 38.8 Å². The summed E-state index contributed by atoms with van der Waals surface area (Å²) in [5, 5.41) is 25.4. The first-order valence-electron chi connectivity index (χ1n) is 11.2. The van der Waals surface area contributed by atoms with Gasteiger partial charge in [-0.1, -0.05) is 12.1 Å². The van der Waals surface area contributed by atoms with E-state index in [4.69, 9.17) is 19.8 Å². The van der Waals surface area contributed by atoms with E-state index in [1.165, 1.54) is 5.56 Å². The number of carboxylic acids is 2. The Balaban J connectivity index is 0.000000317. The highest BCUT2D eigenvalue weighted by atomic mass is 19.4. The number of para-hydroxylation sites is 2. The maximum atomic E-state index is 10.6. The standard InChI is InChI=1S/C20H22N4O.2C2HF3O2/c1-15-17(13-16-5-4-8-21-20(16)22-15)14-23-9-11-24(12-10-23)18-6-2-3-7-19(18)25;2*3-2(4,5)1(6)7/h2-8,13,25H,9-12,14H2,1H3;2*(H,6,7). The number of nitrogens with zero attached hydrogens (tertiary/aromatic N) is 4. The van der Waals surface area contributed by atoms with Gasteiger partial charge in [-0.15, -0.1) is 0 Å². The Bertz CT molecular complexity index is 1250. The van der Waals surface area contributed by atoms with Gasteiger partial charge in [0, 0.05) is 50.0 Å². The molecule has 3 heterocycles. The summed E-state index contributed by atoms with van der Waals surface area (Å²) in [4.78, 5) is 31.5. The summed E-state index contributed by atoms with van der Waals surface area (Å²) in [6.07, 6.45) is -8.38. The Hall–Kier alpha value is -4.14. The van der Waals surface area contributed by atoms with Gasteiger partial charge in [-0.05, 0) is 42.8 Å². The second-order valence-electron chi connectivity index (χ2n) is 8.14. The van der Waals surface area contributed by atoms with Crippen LogP contribution in [0.3, 0.4) is 0 Å². The molecule has 1 saturated heterocycles. The Morgan fingerprint density at radius 3 is 1.95 bits per heavy atom. The van der Waals surface area contributed by atoms with E-state index in [1.807, 2.05) is 24.3 Å². The number of carbonyl (C=O) groups is 2. The number of rotatable bonds is 3. The minimum absolute atomic E-state index is 0.359. The molecule has 3 aromatic rings. The molecular formula is C24H24F6N4O5. The van der Waals surface area contributed by atoms with E-state index in [9.17, 15) is 31.4 Å². The van der Waals surface area contributed by atoms with Crippen LogP contribution >= 0.6 is 0 Å². The number of halogens is 6. The molecule has 0 atom stereocenters. The van der Waals surface area contributed by atoms with Crippen molar-refractivity contribution >= 4 is 28.7 Å². The molecule has 9 nitrogen and oxygen atoms in total. The zero-order chi connectivity index (χ0) is 29.4. The Morgan fingerprint density at radius 1 is 0.897 bits per heavy atom. The van der Waals surface area contributed by atoms with Gasteiger partial charge in [-0.2, -0.15) is 26.3 Å². The minimum Gasteiger partial charge on any atom is -0.506 e. The summed E-state index contributed by atoms with van der Waals surface area (Å²) in [5.41, 5.74) is 4.05. The third-order valence-corrected chi connectivity index (χ3v) is 5.36. The van der Waals surface area contributed by atoms with E-state index in [1.54, 1.807) is 12.3 Å². The third-order valence-electron chi connectivity index (χ3n) is 5.36. The molecule has 1 aromatic carbocycles. The van der Waals surface area contributed by atoms with Gasteiger partial charge >= 0.3 is 24.3 Å². The van der Waals surface area contributed by atoms with Gasteiger partial charge in [0.2, 0.25) is 0 Å². The van der Waals surface area contributed by atoms with Crippen LogP contribution in [0.2, 0.25) is 0 Å². The molecule has 0 amide bonds. The summed E-state index contributed by atoms with van der Waals surface area (Å²) < 4.78 is 63.5. The molecule has 0 spiro atoms. The first-order chi connectivity index (χ1) is 18.1. The van der Waals surface area contributed by atoms with Gasteiger partial charge < -0.3 is 20.2 Å². The lowest BCUT2D eigenvalue weighted by atomic mass is 10.1. The van der Waals surface area contributed by atoms with E-state index in [0.717, 1.165) is 55.1 Å². The Labute approximate surface area is 217 Å². The number of aliphatic carboxylic acids is 2. The number of hydrogen-bond donors (Lipinski definition) is 3. The molecule has 0 unspecified atom stereocenters. The highest BCUT2D eigenvalue weighted by Crippen LogP contribution is 2.27. The van der Waals surface area contributed by atoms with Crippen molar-refractivity contribution in [3.63, 3.8) is 0 Å². The molecule has 0 bridgehead atoms. The molecule has 1 fully saturated rings. The van der Waals surface area contributed by atoms with E-state index >= 15 is 0 Å². The molecule has 0 radical (unpaired) electrons. The highest BCUT2D eigenvalue weighted by Gasteiger charge is 2.38. The van der Waals surface area contributed by atoms with Crippen molar-refractivity contribution in [2.75, 3.05) is 31.1 Å². The number of fused-ring (bicyclic) bond motifs is 1. The summed E-state index contributed by atoms with van der Waals surface area (Å²) in [5.74, 6) is -5.15. The fourth-order valence-corrected chi connectivity index (χ4v) is 3.42. The molecule has 39 heavy (non-hydrogen) atoms. The molecule has 4 rings (SSSR count). The number of phenolic OH excluding ortho intramolecular Hbond substituents is 1. The van der Waals surface area contributed by atoms with Crippen LogP contribution in [0.25, 0.3) is 11.0 Å². The number of aromatic hydroxyl groups is 1. The molecule has 2 aromatic heterocycles. The molecule has 0 aliphatic carbocycles. The Kier molecular flexibility index (Phi) is 10.4. The van der Waals surface area contributed by atoms with E-state index in [0.29, 0.717) is 5.75 Å². The maximum absolute atomic E-state index is 10.6. The second kappa shape index (κ2) is 13.1. The summed E-state index contributed by atoms with van der Waals surface area (Å²) in [6.45, 7) is 6.73. The van der Waals surface area contributed by atoms with Gasteiger partial charge in [0.1, 0.15) is 5.75 Å². The maximum Gasteiger partial charge on any atom is 0.490 e. The van der Waals surface area contributed by atoms with E-state index in [-0.39, 0.29) is 0 Å². The molecule has 0 saturated carbocycles. The van der Waals surface area contributed by atoms with Crippen LogP contribution in [0.5, 0.6) is 5.75 Å². The highest BCUT2D eigenvalue weighted by molar-refractivity contribution is 5.75. The van der Waals surface area contributed by atoms with Crippen molar-refractivity contribution in [3.05, 3.63) is 59.9 Å². The number of phenols is 1. The van der Waals surface area contributed by atoms with Gasteiger partial charge in [0.15, 0.2) is 5.65 Å². The van der Waals surface area contributed by atoms with Gasteiger partial charge in [-0.3, -0.25) is 4.90 Å². The average Bonchev–Trinajstić information content (AvgIpc) is 2.85. The third kappa shape index (κ3) is 9.59. The first-order valence-corrected chi connectivity index (χ1v) is 11.2. The lowest BCUT2D eigenvalue weighted by Gasteiger charge is -2.36. The van der Waals surface area contributed by atoms with Crippen LogP contribution in [-0.2, 0) is 16.1 Å². The molecule has 1 aliphatic rings. The van der Waals surface area contributed by atoms with Crippen molar-refractivity contribution in [3.8, 4) is 5.75 Å². The van der Waals surface area contributed by atoms with Crippen molar-refractivity contribution in [1.82, 2.24) is 14.9 Å². The number of pyridine rings is 2. The number of carboxylic acid groups (broad SMARTS) is 2.